The number of carbonyl (C=O) groups excluding carboxylic acids is 1. The lowest BCUT2D eigenvalue weighted by atomic mass is 10.0. The van der Waals surface area contributed by atoms with Gasteiger partial charge in [0.1, 0.15) is 18.5 Å². The fraction of sp³-hybridized carbons (Fsp3) is 0.611. The molecule has 1 N–H and O–H groups in total. The lowest BCUT2D eigenvalue weighted by Crippen LogP contribution is -2.50. The maximum atomic E-state index is 11.9. The van der Waals surface area contributed by atoms with Gasteiger partial charge in [0.25, 0.3) is 0 Å². The molecule has 0 radical (unpaired) electrons. The van der Waals surface area contributed by atoms with E-state index in [-0.39, 0.29) is 0 Å². The van der Waals surface area contributed by atoms with Crippen LogP contribution in [0, 0.1) is 0 Å². The van der Waals surface area contributed by atoms with Gasteiger partial charge in [-0.1, -0.05) is 18.2 Å². The van der Waals surface area contributed by atoms with Crippen molar-refractivity contribution >= 4 is 5.91 Å². The maximum Gasteiger partial charge on any atom is 0.222 e. The van der Waals surface area contributed by atoms with Crippen LogP contribution in [-0.4, -0.2) is 65.7 Å². The lowest BCUT2D eigenvalue weighted by Gasteiger charge is -2.38. The Morgan fingerprint density at radius 3 is 2.78 bits per heavy atom. The Kier molecular flexibility index (Phi) is 5.51. The first-order valence-corrected chi connectivity index (χ1v) is 8.60. The van der Waals surface area contributed by atoms with Crippen LogP contribution in [0.4, 0.5) is 0 Å². The fourth-order valence-electron chi connectivity index (χ4n) is 3.57. The van der Waals surface area contributed by atoms with Gasteiger partial charge >= 0.3 is 0 Å². The first-order valence-electron chi connectivity index (χ1n) is 8.60. The molecule has 5 heteroatoms. The summed E-state index contributed by atoms with van der Waals surface area (Å²) in [7, 11) is 0. The molecular formula is C18H26N2O3. The van der Waals surface area contributed by atoms with Gasteiger partial charge in [-0.3, -0.25) is 9.69 Å². The number of rotatable bonds is 6. The van der Waals surface area contributed by atoms with E-state index in [1.165, 1.54) is 0 Å². The molecule has 1 aromatic rings. The largest absolute Gasteiger partial charge is 0.491 e. The maximum absolute atomic E-state index is 11.9. The van der Waals surface area contributed by atoms with Crippen molar-refractivity contribution in [3.63, 3.8) is 0 Å². The fourth-order valence-corrected chi connectivity index (χ4v) is 3.57. The van der Waals surface area contributed by atoms with Crippen molar-refractivity contribution in [3.8, 4) is 5.75 Å². The summed E-state index contributed by atoms with van der Waals surface area (Å²) in [6, 6.07) is 9.89. The SMILES string of the molecule is O=C1CCCN1C1CCCN(CC(O)COc2ccccc2)C1. The Balaban J connectivity index is 1.44. The van der Waals surface area contributed by atoms with Crippen LogP contribution in [0.5, 0.6) is 5.75 Å². The number of ether oxygens (including phenoxy) is 1. The number of carbonyl (C=O) groups is 1. The number of aliphatic hydroxyl groups is 1. The zero-order valence-corrected chi connectivity index (χ0v) is 13.6. The third-order valence-electron chi connectivity index (χ3n) is 4.69. The summed E-state index contributed by atoms with van der Waals surface area (Å²) in [5.74, 6) is 1.08. The van der Waals surface area contributed by atoms with Gasteiger partial charge in [0, 0.05) is 32.1 Å². The van der Waals surface area contributed by atoms with Gasteiger partial charge in [-0.05, 0) is 37.9 Å². The van der Waals surface area contributed by atoms with E-state index in [1.807, 2.05) is 35.2 Å². The molecule has 0 spiro atoms. The molecule has 2 saturated heterocycles. The minimum atomic E-state index is -0.511. The molecule has 2 aliphatic rings. The summed E-state index contributed by atoms with van der Waals surface area (Å²) in [5, 5.41) is 10.2. The van der Waals surface area contributed by atoms with E-state index in [9.17, 15) is 9.90 Å². The number of piperidine rings is 1. The second-order valence-corrected chi connectivity index (χ2v) is 6.52. The number of benzene rings is 1. The van der Waals surface area contributed by atoms with E-state index >= 15 is 0 Å². The smallest absolute Gasteiger partial charge is 0.222 e. The van der Waals surface area contributed by atoms with Crippen molar-refractivity contribution in [1.82, 2.24) is 9.80 Å². The average Bonchev–Trinajstić information content (AvgIpc) is 3.00. The topological polar surface area (TPSA) is 53.0 Å². The normalized spacial score (nSPS) is 24.0. The quantitative estimate of drug-likeness (QED) is 0.864. The summed E-state index contributed by atoms with van der Waals surface area (Å²) in [4.78, 5) is 16.2. The van der Waals surface area contributed by atoms with Crippen molar-refractivity contribution in [2.45, 2.75) is 37.8 Å². The molecule has 2 fully saturated rings. The first kappa shape index (κ1) is 16.3. The molecule has 0 aliphatic carbocycles. The lowest BCUT2D eigenvalue weighted by molar-refractivity contribution is -0.130. The summed E-state index contributed by atoms with van der Waals surface area (Å²) in [5.41, 5.74) is 0. The van der Waals surface area contributed by atoms with Crippen molar-refractivity contribution in [3.05, 3.63) is 30.3 Å². The first-order chi connectivity index (χ1) is 11.2. The zero-order valence-electron chi connectivity index (χ0n) is 13.6. The predicted molar refractivity (Wildman–Crippen MR) is 88.4 cm³/mol. The zero-order chi connectivity index (χ0) is 16.1. The molecule has 1 amide bonds. The molecule has 0 bridgehead atoms. The van der Waals surface area contributed by atoms with Crippen LogP contribution in [0.1, 0.15) is 25.7 Å². The molecule has 126 valence electrons. The second kappa shape index (κ2) is 7.79. The van der Waals surface area contributed by atoms with Crippen LogP contribution in [0.15, 0.2) is 30.3 Å². The summed E-state index contributed by atoms with van der Waals surface area (Å²) in [6.45, 7) is 3.66. The molecule has 2 unspecified atom stereocenters. The molecule has 2 heterocycles. The number of likely N-dealkylation sites (tertiary alicyclic amines) is 2. The van der Waals surface area contributed by atoms with Crippen LogP contribution in [0.3, 0.4) is 0 Å². The second-order valence-electron chi connectivity index (χ2n) is 6.52. The van der Waals surface area contributed by atoms with Crippen molar-refractivity contribution in [1.29, 1.82) is 0 Å². The van der Waals surface area contributed by atoms with Gasteiger partial charge in [0.15, 0.2) is 0 Å². The highest BCUT2D eigenvalue weighted by Crippen LogP contribution is 2.21. The Morgan fingerprint density at radius 1 is 1.22 bits per heavy atom. The van der Waals surface area contributed by atoms with Crippen LogP contribution in [0.25, 0.3) is 0 Å². The Labute approximate surface area is 137 Å². The van der Waals surface area contributed by atoms with Crippen molar-refractivity contribution in [2.24, 2.45) is 0 Å². The van der Waals surface area contributed by atoms with E-state index in [0.29, 0.717) is 31.5 Å². The molecule has 3 rings (SSSR count). The Hall–Kier alpha value is -1.59. The van der Waals surface area contributed by atoms with Gasteiger partial charge in [-0.2, -0.15) is 0 Å². The minimum absolute atomic E-state index is 0.296. The standard InChI is InChI=1S/C18H26N2O3/c21-16(14-23-17-7-2-1-3-8-17)13-19-10-4-6-15(12-19)20-11-5-9-18(20)22/h1-3,7-8,15-16,21H,4-6,9-14H2. The Bertz CT molecular complexity index is 508. The highest BCUT2D eigenvalue weighted by molar-refractivity contribution is 5.78. The predicted octanol–water partition coefficient (Wildman–Crippen LogP) is 1.51. The van der Waals surface area contributed by atoms with Gasteiger partial charge in [-0.15, -0.1) is 0 Å². The summed E-state index contributed by atoms with van der Waals surface area (Å²) < 4.78 is 5.61. The number of hydrogen-bond donors (Lipinski definition) is 1. The third kappa shape index (κ3) is 4.45. The molecule has 1 aromatic carbocycles. The van der Waals surface area contributed by atoms with Crippen molar-refractivity contribution in [2.75, 3.05) is 32.8 Å². The average molecular weight is 318 g/mol. The van der Waals surface area contributed by atoms with Gasteiger partial charge in [-0.25, -0.2) is 0 Å². The molecule has 0 aromatic heterocycles. The van der Waals surface area contributed by atoms with Crippen LogP contribution in [0.2, 0.25) is 0 Å². The number of amides is 1. The van der Waals surface area contributed by atoms with E-state index in [2.05, 4.69) is 4.90 Å². The van der Waals surface area contributed by atoms with E-state index in [4.69, 9.17) is 4.74 Å². The third-order valence-corrected chi connectivity index (χ3v) is 4.69. The van der Waals surface area contributed by atoms with Crippen molar-refractivity contribution < 1.29 is 14.6 Å². The summed E-state index contributed by atoms with van der Waals surface area (Å²) in [6.07, 6.45) is 3.34. The monoisotopic (exact) mass is 318 g/mol. The van der Waals surface area contributed by atoms with Crippen LogP contribution >= 0.6 is 0 Å². The minimum Gasteiger partial charge on any atom is -0.491 e. The van der Waals surface area contributed by atoms with Gasteiger partial charge in [0.05, 0.1) is 0 Å². The molecule has 0 saturated carbocycles. The van der Waals surface area contributed by atoms with Gasteiger partial charge in [0.2, 0.25) is 5.91 Å². The Morgan fingerprint density at radius 2 is 2.04 bits per heavy atom. The molecule has 2 aliphatic heterocycles. The molecule has 23 heavy (non-hydrogen) atoms. The number of aliphatic hydroxyl groups excluding tert-OH is 1. The molecular weight excluding hydrogens is 292 g/mol. The number of para-hydroxylation sites is 1. The van der Waals surface area contributed by atoms with Gasteiger partial charge < -0.3 is 14.7 Å². The van der Waals surface area contributed by atoms with E-state index in [0.717, 1.165) is 44.6 Å². The number of hydrogen-bond acceptors (Lipinski definition) is 4. The molecule has 2 atom stereocenters. The highest BCUT2D eigenvalue weighted by Gasteiger charge is 2.31. The van der Waals surface area contributed by atoms with Crippen LogP contribution in [-0.2, 0) is 4.79 Å². The van der Waals surface area contributed by atoms with E-state index in [1.54, 1.807) is 0 Å². The number of β-amino-alcohol motifs (C(OH)–C–C–N with tert-alkyl or cyclic N) is 1. The van der Waals surface area contributed by atoms with E-state index < -0.39 is 6.10 Å². The van der Waals surface area contributed by atoms with Crippen LogP contribution < -0.4 is 4.74 Å². The number of nitrogens with zero attached hydrogens (tertiary/aromatic N) is 2. The highest BCUT2D eigenvalue weighted by atomic mass is 16.5. The summed E-state index contributed by atoms with van der Waals surface area (Å²) >= 11 is 0. The molecule has 5 nitrogen and oxygen atoms in total.